The molecule has 140 valence electrons. The van der Waals surface area contributed by atoms with E-state index >= 15 is 0 Å². The molecule has 5 heteroatoms. The number of rotatable bonds is 6. The van der Waals surface area contributed by atoms with Gasteiger partial charge in [-0.2, -0.15) is 0 Å². The van der Waals surface area contributed by atoms with E-state index in [2.05, 4.69) is 59.6 Å². The SMILES string of the molecule is CN(C)[C@@H](CNc1nc(-c2cccnc2)nc2ccccc12)c1ccccc1. The molecule has 28 heavy (non-hydrogen) atoms. The maximum Gasteiger partial charge on any atom is 0.163 e. The number of benzene rings is 2. The van der Waals surface area contributed by atoms with Gasteiger partial charge in [0.2, 0.25) is 0 Å². The first kappa shape index (κ1) is 18.1. The minimum atomic E-state index is 0.233. The topological polar surface area (TPSA) is 53.9 Å². The van der Waals surface area contributed by atoms with Gasteiger partial charge in [0, 0.05) is 29.9 Å². The lowest BCUT2D eigenvalue weighted by molar-refractivity contribution is 0.311. The maximum absolute atomic E-state index is 4.82. The lowest BCUT2D eigenvalue weighted by Crippen LogP contribution is -2.27. The number of hydrogen-bond acceptors (Lipinski definition) is 5. The molecule has 0 fully saturated rings. The van der Waals surface area contributed by atoms with Crippen molar-refractivity contribution in [3.05, 3.63) is 84.7 Å². The van der Waals surface area contributed by atoms with Crippen LogP contribution in [0.5, 0.6) is 0 Å². The van der Waals surface area contributed by atoms with Gasteiger partial charge in [-0.15, -0.1) is 0 Å². The Hall–Kier alpha value is -3.31. The Morgan fingerprint density at radius 1 is 0.893 bits per heavy atom. The zero-order valence-electron chi connectivity index (χ0n) is 16.1. The number of anilines is 1. The highest BCUT2D eigenvalue weighted by Gasteiger charge is 2.15. The van der Waals surface area contributed by atoms with Crippen molar-refractivity contribution in [3.8, 4) is 11.4 Å². The quantitative estimate of drug-likeness (QED) is 0.546. The molecule has 2 heterocycles. The van der Waals surface area contributed by atoms with E-state index in [1.165, 1.54) is 5.56 Å². The number of hydrogen-bond donors (Lipinski definition) is 1. The molecule has 4 aromatic rings. The van der Waals surface area contributed by atoms with Crippen LogP contribution in [0.15, 0.2) is 79.1 Å². The third-order valence-electron chi connectivity index (χ3n) is 4.79. The van der Waals surface area contributed by atoms with Crippen molar-refractivity contribution in [2.75, 3.05) is 26.0 Å². The van der Waals surface area contributed by atoms with Crippen molar-refractivity contribution in [1.82, 2.24) is 19.9 Å². The van der Waals surface area contributed by atoms with Crippen LogP contribution >= 0.6 is 0 Å². The molecule has 0 amide bonds. The zero-order chi connectivity index (χ0) is 19.3. The Morgan fingerprint density at radius 3 is 2.43 bits per heavy atom. The number of pyridine rings is 1. The molecule has 1 N–H and O–H groups in total. The van der Waals surface area contributed by atoms with Crippen LogP contribution in [0.25, 0.3) is 22.3 Å². The normalized spacial score (nSPS) is 12.2. The summed E-state index contributed by atoms with van der Waals surface area (Å²) < 4.78 is 0. The number of nitrogens with one attached hydrogen (secondary N) is 1. The molecule has 0 radical (unpaired) electrons. The van der Waals surface area contributed by atoms with Gasteiger partial charge in [-0.25, -0.2) is 9.97 Å². The molecular formula is C23H23N5. The monoisotopic (exact) mass is 369 g/mol. The second-order valence-electron chi connectivity index (χ2n) is 6.93. The van der Waals surface area contributed by atoms with Crippen molar-refractivity contribution in [1.29, 1.82) is 0 Å². The second kappa shape index (κ2) is 8.15. The number of nitrogens with zero attached hydrogens (tertiary/aromatic N) is 4. The molecule has 2 aromatic heterocycles. The van der Waals surface area contributed by atoms with E-state index in [4.69, 9.17) is 9.97 Å². The minimum Gasteiger partial charge on any atom is -0.368 e. The number of likely N-dealkylation sites (N-methyl/N-ethyl adjacent to an activating group) is 1. The maximum atomic E-state index is 4.82. The van der Waals surface area contributed by atoms with Crippen LogP contribution in [0.4, 0.5) is 5.82 Å². The summed E-state index contributed by atoms with van der Waals surface area (Å²) in [4.78, 5) is 16.0. The summed E-state index contributed by atoms with van der Waals surface area (Å²) in [5, 5.41) is 4.58. The van der Waals surface area contributed by atoms with E-state index in [0.29, 0.717) is 5.82 Å². The van der Waals surface area contributed by atoms with Crippen molar-refractivity contribution >= 4 is 16.7 Å². The van der Waals surface area contributed by atoms with Gasteiger partial charge in [0.1, 0.15) is 5.82 Å². The lowest BCUT2D eigenvalue weighted by atomic mass is 10.1. The van der Waals surface area contributed by atoms with Crippen molar-refractivity contribution < 1.29 is 0 Å². The summed E-state index contributed by atoms with van der Waals surface area (Å²) in [5.74, 6) is 1.52. The Kier molecular flexibility index (Phi) is 5.26. The van der Waals surface area contributed by atoms with Crippen LogP contribution in [-0.2, 0) is 0 Å². The van der Waals surface area contributed by atoms with Gasteiger partial charge in [0.15, 0.2) is 5.82 Å². The van der Waals surface area contributed by atoms with Gasteiger partial charge in [-0.3, -0.25) is 4.98 Å². The van der Waals surface area contributed by atoms with Crippen molar-refractivity contribution in [3.63, 3.8) is 0 Å². The van der Waals surface area contributed by atoms with E-state index in [-0.39, 0.29) is 6.04 Å². The van der Waals surface area contributed by atoms with Gasteiger partial charge in [-0.1, -0.05) is 42.5 Å². The highest BCUT2D eigenvalue weighted by atomic mass is 15.1. The molecule has 0 aliphatic heterocycles. The van der Waals surface area contributed by atoms with Crippen LogP contribution in [-0.4, -0.2) is 40.5 Å². The van der Waals surface area contributed by atoms with Crippen molar-refractivity contribution in [2.45, 2.75) is 6.04 Å². The van der Waals surface area contributed by atoms with E-state index in [1.807, 2.05) is 36.4 Å². The second-order valence-corrected chi connectivity index (χ2v) is 6.93. The highest BCUT2D eigenvalue weighted by molar-refractivity contribution is 5.90. The zero-order valence-corrected chi connectivity index (χ0v) is 16.1. The van der Waals surface area contributed by atoms with Gasteiger partial charge in [0.05, 0.1) is 11.6 Å². The first-order valence-corrected chi connectivity index (χ1v) is 9.35. The first-order valence-electron chi connectivity index (χ1n) is 9.35. The first-order chi connectivity index (χ1) is 13.7. The predicted octanol–water partition coefficient (Wildman–Crippen LogP) is 4.41. The lowest BCUT2D eigenvalue weighted by Gasteiger charge is -2.25. The van der Waals surface area contributed by atoms with Crippen LogP contribution in [0.2, 0.25) is 0 Å². The van der Waals surface area contributed by atoms with Gasteiger partial charge in [0.25, 0.3) is 0 Å². The fourth-order valence-corrected chi connectivity index (χ4v) is 3.30. The third-order valence-corrected chi connectivity index (χ3v) is 4.79. The molecule has 0 saturated heterocycles. The molecule has 0 bridgehead atoms. The average Bonchev–Trinajstić information content (AvgIpc) is 2.75. The summed E-state index contributed by atoms with van der Waals surface area (Å²) in [7, 11) is 4.19. The van der Waals surface area contributed by atoms with E-state index < -0.39 is 0 Å². The van der Waals surface area contributed by atoms with Crippen LogP contribution < -0.4 is 5.32 Å². The predicted molar refractivity (Wildman–Crippen MR) is 114 cm³/mol. The molecule has 0 aliphatic rings. The van der Waals surface area contributed by atoms with Crippen LogP contribution in [0.1, 0.15) is 11.6 Å². The molecule has 0 unspecified atom stereocenters. The average molecular weight is 369 g/mol. The molecule has 0 aliphatic carbocycles. The van der Waals surface area contributed by atoms with E-state index in [1.54, 1.807) is 12.4 Å². The summed E-state index contributed by atoms with van der Waals surface area (Å²) in [6, 6.07) is 22.7. The smallest absolute Gasteiger partial charge is 0.163 e. The fourth-order valence-electron chi connectivity index (χ4n) is 3.30. The van der Waals surface area contributed by atoms with Crippen LogP contribution in [0, 0.1) is 0 Å². The number of para-hydroxylation sites is 1. The standard InChI is InChI=1S/C23H23N5/c1-28(2)21(17-9-4-3-5-10-17)16-25-23-19-12-6-7-13-20(19)26-22(27-23)18-11-8-14-24-15-18/h3-15,21H,16H2,1-2H3,(H,25,26,27)/t21-/m0/s1. The van der Waals surface area contributed by atoms with Gasteiger partial charge < -0.3 is 10.2 Å². The molecule has 5 nitrogen and oxygen atoms in total. The third kappa shape index (κ3) is 3.85. The molecule has 2 aromatic carbocycles. The summed E-state index contributed by atoms with van der Waals surface area (Å²) in [6.45, 7) is 0.741. The van der Waals surface area contributed by atoms with E-state index in [9.17, 15) is 0 Å². The Labute approximate surface area is 165 Å². The largest absolute Gasteiger partial charge is 0.368 e. The van der Waals surface area contributed by atoms with Gasteiger partial charge >= 0.3 is 0 Å². The Morgan fingerprint density at radius 2 is 1.68 bits per heavy atom. The molecular weight excluding hydrogens is 346 g/mol. The summed E-state index contributed by atoms with van der Waals surface area (Å²) in [5.41, 5.74) is 3.09. The van der Waals surface area contributed by atoms with Crippen LogP contribution in [0.3, 0.4) is 0 Å². The molecule has 4 rings (SSSR count). The fraction of sp³-hybridized carbons (Fsp3) is 0.174. The molecule has 0 spiro atoms. The Balaban J connectivity index is 1.69. The van der Waals surface area contributed by atoms with Gasteiger partial charge in [-0.05, 0) is 43.9 Å². The van der Waals surface area contributed by atoms with E-state index in [0.717, 1.165) is 28.8 Å². The van der Waals surface area contributed by atoms with Crippen molar-refractivity contribution in [2.24, 2.45) is 0 Å². The molecule has 0 saturated carbocycles. The highest BCUT2D eigenvalue weighted by Crippen LogP contribution is 2.26. The summed E-state index contributed by atoms with van der Waals surface area (Å²) >= 11 is 0. The number of aromatic nitrogens is 3. The minimum absolute atomic E-state index is 0.233. The summed E-state index contributed by atoms with van der Waals surface area (Å²) in [6.07, 6.45) is 3.55. The molecule has 1 atom stereocenters. The Bertz CT molecular complexity index is 1050. The number of fused-ring (bicyclic) bond motifs is 1.